The van der Waals surface area contributed by atoms with Gasteiger partial charge in [-0.1, -0.05) is 52.8 Å². The Labute approximate surface area is 156 Å². The van der Waals surface area contributed by atoms with E-state index in [2.05, 4.69) is 63.0 Å². The zero-order valence-corrected chi connectivity index (χ0v) is 16.5. The number of aromatic hydroxyl groups is 1. The molecule has 1 aliphatic carbocycles. The summed E-state index contributed by atoms with van der Waals surface area (Å²) >= 11 is 0. The molecule has 1 N–H and O–H groups in total. The molecule has 26 heavy (non-hydrogen) atoms. The molecule has 1 aromatic heterocycles. The summed E-state index contributed by atoms with van der Waals surface area (Å²) in [5.74, 6) is 0.291. The Hall–Kier alpha value is -2.36. The summed E-state index contributed by atoms with van der Waals surface area (Å²) in [6.45, 7) is 11.8. The summed E-state index contributed by atoms with van der Waals surface area (Å²) in [5.41, 5.74) is 4.10. The highest BCUT2D eigenvalue weighted by molar-refractivity contribution is 5.61. The number of rotatable bonds is 4. The lowest BCUT2D eigenvalue weighted by molar-refractivity contribution is 0.284. The van der Waals surface area contributed by atoms with Gasteiger partial charge >= 0.3 is 0 Å². The highest BCUT2D eigenvalue weighted by atomic mass is 16.3. The van der Waals surface area contributed by atoms with E-state index in [-0.39, 0.29) is 10.8 Å². The molecule has 0 bridgehead atoms. The molecule has 1 aromatic carbocycles. The molecule has 0 unspecified atom stereocenters. The van der Waals surface area contributed by atoms with E-state index >= 15 is 0 Å². The molecule has 4 heteroatoms. The Morgan fingerprint density at radius 1 is 1.00 bits per heavy atom. The second kappa shape index (κ2) is 6.75. The zero-order valence-electron chi connectivity index (χ0n) is 16.5. The van der Waals surface area contributed by atoms with Gasteiger partial charge in [-0.15, -0.1) is 0 Å². The van der Waals surface area contributed by atoms with Crippen LogP contribution in [0, 0.1) is 5.41 Å². The van der Waals surface area contributed by atoms with E-state index in [0.29, 0.717) is 12.3 Å². The first kappa shape index (κ1) is 18.4. The molecule has 138 valence electrons. The van der Waals surface area contributed by atoms with E-state index in [9.17, 15) is 5.11 Å². The van der Waals surface area contributed by atoms with Gasteiger partial charge in [0.2, 0.25) is 0 Å². The third kappa shape index (κ3) is 4.24. The fourth-order valence-electron chi connectivity index (χ4n) is 3.83. The summed E-state index contributed by atoms with van der Waals surface area (Å²) in [4.78, 5) is 1.67. The maximum Gasteiger partial charge on any atom is 0.120 e. The Morgan fingerprint density at radius 2 is 1.62 bits per heavy atom. The van der Waals surface area contributed by atoms with E-state index in [1.54, 1.807) is 10.9 Å². The molecule has 2 aromatic rings. The minimum absolute atomic E-state index is 0.0286. The summed E-state index contributed by atoms with van der Waals surface area (Å²) < 4.78 is 0. The average Bonchev–Trinajstić information content (AvgIpc) is 2.76. The van der Waals surface area contributed by atoms with Crippen LogP contribution in [0.2, 0.25) is 0 Å². The van der Waals surface area contributed by atoms with Crippen molar-refractivity contribution in [2.45, 2.75) is 59.4 Å². The van der Waals surface area contributed by atoms with E-state index < -0.39 is 0 Å². The summed E-state index contributed by atoms with van der Waals surface area (Å²) in [5, 5.41) is 19.5. The fourth-order valence-corrected chi connectivity index (χ4v) is 3.83. The number of benzene rings is 1. The maximum atomic E-state index is 10.3. The molecule has 0 saturated heterocycles. The first-order chi connectivity index (χ1) is 12.1. The third-order valence-electron chi connectivity index (χ3n) is 4.68. The lowest BCUT2D eigenvalue weighted by Crippen LogP contribution is -2.25. The van der Waals surface area contributed by atoms with Crippen molar-refractivity contribution in [2.75, 3.05) is 0 Å². The standard InChI is InChI=1S/C22H29N3O/c1-21(2,3)15-22(4,5)17-11-12-20(26)16(13-17)14-25-23-18-9-7-6-8-10-19(18)24-25/h7-13,26H,6,14-15H2,1-5H3. The van der Waals surface area contributed by atoms with Gasteiger partial charge in [-0.2, -0.15) is 15.0 Å². The first-order valence-electron chi connectivity index (χ1n) is 9.25. The first-order valence-corrected chi connectivity index (χ1v) is 9.25. The number of aromatic nitrogens is 3. The highest BCUT2D eigenvalue weighted by Crippen LogP contribution is 2.37. The van der Waals surface area contributed by atoms with E-state index in [0.717, 1.165) is 29.8 Å². The number of hydrogen-bond donors (Lipinski definition) is 1. The number of nitrogens with zero attached hydrogens (tertiary/aromatic N) is 3. The number of phenolic OH excluding ortho intramolecular Hbond substituents is 1. The molecule has 0 saturated carbocycles. The van der Waals surface area contributed by atoms with Gasteiger partial charge in [-0.25, -0.2) is 0 Å². The average molecular weight is 351 g/mol. The monoisotopic (exact) mass is 351 g/mol. The van der Waals surface area contributed by atoms with E-state index in [1.165, 1.54) is 5.56 Å². The van der Waals surface area contributed by atoms with Gasteiger partial charge in [0, 0.05) is 5.56 Å². The lowest BCUT2D eigenvalue weighted by atomic mass is 9.72. The van der Waals surface area contributed by atoms with E-state index in [4.69, 9.17) is 0 Å². The van der Waals surface area contributed by atoms with Crippen LogP contribution in [0.4, 0.5) is 0 Å². The smallest absolute Gasteiger partial charge is 0.120 e. The molecule has 0 atom stereocenters. The quantitative estimate of drug-likeness (QED) is 0.826. The van der Waals surface area contributed by atoms with Gasteiger partial charge in [0.05, 0.1) is 6.54 Å². The zero-order chi connectivity index (χ0) is 18.9. The van der Waals surface area contributed by atoms with Gasteiger partial charge in [0.1, 0.15) is 17.1 Å². The predicted octanol–water partition coefficient (Wildman–Crippen LogP) is 5.18. The molecule has 0 spiro atoms. The second-order valence-corrected chi connectivity index (χ2v) is 9.01. The van der Waals surface area contributed by atoms with Crippen LogP contribution < -0.4 is 0 Å². The van der Waals surface area contributed by atoms with Crippen LogP contribution in [0.5, 0.6) is 5.75 Å². The second-order valence-electron chi connectivity index (χ2n) is 9.01. The van der Waals surface area contributed by atoms with Gasteiger partial charge in [0.15, 0.2) is 0 Å². The molecule has 1 heterocycles. The van der Waals surface area contributed by atoms with Crippen LogP contribution >= 0.6 is 0 Å². The van der Waals surface area contributed by atoms with Crippen molar-refractivity contribution in [1.82, 2.24) is 15.0 Å². The molecule has 4 nitrogen and oxygen atoms in total. The van der Waals surface area contributed by atoms with Crippen LogP contribution in [0.3, 0.4) is 0 Å². The molecule has 0 fully saturated rings. The summed E-state index contributed by atoms with van der Waals surface area (Å²) in [6, 6.07) is 5.92. The van der Waals surface area contributed by atoms with Crippen molar-refractivity contribution in [3.63, 3.8) is 0 Å². The van der Waals surface area contributed by atoms with Crippen molar-refractivity contribution in [3.8, 4) is 5.75 Å². The highest BCUT2D eigenvalue weighted by Gasteiger charge is 2.28. The summed E-state index contributed by atoms with van der Waals surface area (Å²) in [7, 11) is 0. The largest absolute Gasteiger partial charge is 0.508 e. The third-order valence-corrected chi connectivity index (χ3v) is 4.68. The number of hydrogen-bond acceptors (Lipinski definition) is 3. The van der Waals surface area contributed by atoms with Crippen molar-refractivity contribution in [1.29, 1.82) is 0 Å². The van der Waals surface area contributed by atoms with E-state index in [1.807, 2.05) is 18.2 Å². The van der Waals surface area contributed by atoms with Crippen molar-refractivity contribution in [2.24, 2.45) is 5.41 Å². The van der Waals surface area contributed by atoms with Crippen LogP contribution in [-0.4, -0.2) is 20.1 Å². The van der Waals surface area contributed by atoms with Gasteiger partial charge in [-0.3, -0.25) is 0 Å². The van der Waals surface area contributed by atoms with Crippen molar-refractivity contribution >= 4 is 12.2 Å². The molecule has 0 amide bonds. The topological polar surface area (TPSA) is 50.9 Å². The van der Waals surface area contributed by atoms with Crippen LogP contribution in [0.1, 0.15) is 70.0 Å². The number of allylic oxidation sites excluding steroid dienone is 2. The van der Waals surface area contributed by atoms with Crippen molar-refractivity contribution < 1.29 is 5.11 Å². The Bertz CT molecular complexity index is 821. The minimum Gasteiger partial charge on any atom is -0.508 e. The Balaban J connectivity index is 1.88. The molecule has 3 rings (SSSR count). The van der Waals surface area contributed by atoms with Gasteiger partial charge in [0.25, 0.3) is 0 Å². The molecule has 1 aliphatic rings. The molecule has 0 aliphatic heterocycles. The van der Waals surface area contributed by atoms with Crippen molar-refractivity contribution in [3.05, 3.63) is 52.9 Å². The lowest BCUT2D eigenvalue weighted by Gasteiger charge is -2.33. The Morgan fingerprint density at radius 3 is 2.19 bits per heavy atom. The fraction of sp³-hybridized carbons (Fsp3) is 0.455. The maximum absolute atomic E-state index is 10.3. The van der Waals surface area contributed by atoms with Crippen LogP contribution in [0.25, 0.3) is 12.2 Å². The number of fused-ring (bicyclic) bond motifs is 1. The molecule has 0 radical (unpaired) electrons. The van der Waals surface area contributed by atoms with Gasteiger partial charge in [-0.05, 0) is 53.5 Å². The summed E-state index contributed by atoms with van der Waals surface area (Å²) in [6.07, 6.45) is 10.1. The normalized spacial score (nSPS) is 14.3. The number of phenols is 1. The molecular weight excluding hydrogens is 322 g/mol. The van der Waals surface area contributed by atoms with Gasteiger partial charge < -0.3 is 5.11 Å². The van der Waals surface area contributed by atoms with Crippen LogP contribution in [0.15, 0.2) is 30.4 Å². The minimum atomic E-state index is 0.0286. The van der Waals surface area contributed by atoms with Crippen LogP contribution in [-0.2, 0) is 12.0 Å². The predicted molar refractivity (Wildman–Crippen MR) is 107 cm³/mol. The SMILES string of the molecule is CC(C)(C)CC(C)(C)c1ccc(O)c(Cn2nc3c(n2)C=CCC=C3)c1. The Kier molecular flexibility index (Phi) is 4.78. The molecular formula is C22H29N3O.